The number of aromatic nitrogens is 1. The number of nitrogens with zero attached hydrogens (tertiary/aromatic N) is 2. The Labute approximate surface area is 203 Å². The Morgan fingerprint density at radius 3 is 2.47 bits per heavy atom. The minimum Gasteiger partial charge on any atom is -0.493 e. The lowest BCUT2D eigenvalue weighted by Gasteiger charge is -2.31. The monoisotopic (exact) mass is 473 g/mol. The number of halogens is 1. The molecular formula is C27H24ClN3O3. The van der Waals surface area contributed by atoms with Crippen molar-refractivity contribution >= 4 is 23.3 Å². The number of hydrogen-bond donors (Lipinski definition) is 1. The van der Waals surface area contributed by atoms with Crippen LogP contribution in [-0.2, 0) is 6.54 Å². The fourth-order valence-electron chi connectivity index (χ4n) is 4.44. The maximum absolute atomic E-state index is 13.7. The summed E-state index contributed by atoms with van der Waals surface area (Å²) in [5.41, 5.74) is 4.66. The zero-order valence-electron chi connectivity index (χ0n) is 18.9. The molecule has 7 heteroatoms. The molecule has 172 valence electrons. The van der Waals surface area contributed by atoms with E-state index in [0.29, 0.717) is 28.8 Å². The van der Waals surface area contributed by atoms with Crippen molar-refractivity contribution in [3.05, 3.63) is 107 Å². The van der Waals surface area contributed by atoms with Crippen molar-refractivity contribution in [2.24, 2.45) is 0 Å². The lowest BCUT2D eigenvalue weighted by atomic mass is 10.0. The lowest BCUT2D eigenvalue weighted by molar-refractivity contribution is 0.194. The molecule has 0 radical (unpaired) electrons. The van der Waals surface area contributed by atoms with E-state index in [0.717, 1.165) is 22.5 Å². The number of benzene rings is 3. The molecule has 0 unspecified atom stereocenters. The number of rotatable bonds is 4. The third kappa shape index (κ3) is 3.97. The van der Waals surface area contributed by atoms with Crippen LogP contribution in [0.1, 0.15) is 22.9 Å². The average Bonchev–Trinajstić information content (AvgIpc) is 3.29. The Kier molecular flexibility index (Phi) is 5.90. The first-order valence-corrected chi connectivity index (χ1v) is 11.3. The summed E-state index contributed by atoms with van der Waals surface area (Å²) in [4.78, 5) is 15.6. The number of para-hydroxylation sites is 1. The van der Waals surface area contributed by atoms with Crippen molar-refractivity contribution in [2.45, 2.75) is 12.6 Å². The minimum absolute atomic E-state index is 0.216. The van der Waals surface area contributed by atoms with E-state index in [1.165, 1.54) is 0 Å². The second kappa shape index (κ2) is 9.15. The molecule has 0 spiro atoms. The molecule has 1 atom stereocenters. The fourth-order valence-corrected chi connectivity index (χ4v) is 4.57. The van der Waals surface area contributed by atoms with Crippen LogP contribution in [0.25, 0.3) is 5.69 Å². The molecule has 0 bridgehead atoms. The highest BCUT2D eigenvalue weighted by atomic mass is 35.5. The number of methoxy groups -OCH3 is 2. The Morgan fingerprint density at radius 2 is 1.71 bits per heavy atom. The van der Waals surface area contributed by atoms with Crippen LogP contribution in [0.4, 0.5) is 10.5 Å². The topological polar surface area (TPSA) is 55.7 Å². The molecule has 1 N–H and O–H groups in total. The van der Waals surface area contributed by atoms with Crippen LogP contribution in [-0.4, -0.2) is 29.7 Å². The van der Waals surface area contributed by atoms with Crippen LogP contribution in [0.3, 0.4) is 0 Å². The second-order valence-electron chi connectivity index (χ2n) is 8.01. The molecule has 1 aromatic heterocycles. The van der Waals surface area contributed by atoms with Gasteiger partial charge in [0, 0.05) is 22.6 Å². The summed E-state index contributed by atoms with van der Waals surface area (Å²) in [6.45, 7) is 0.427. The average molecular weight is 474 g/mol. The third-order valence-corrected chi connectivity index (χ3v) is 6.30. The van der Waals surface area contributed by atoms with E-state index in [4.69, 9.17) is 21.1 Å². The molecule has 1 aliphatic rings. The standard InChI is InChI=1S/C27H24ClN3O3/c1-33-24-14-9-18(16-25(24)34-2)26-23-8-5-15-30(23)22-7-4-3-6-19(22)17-31(26)27(32)29-21-12-10-20(28)11-13-21/h3-16,26H,17H2,1-2H3,(H,29,32)/t26-/m1/s1. The zero-order valence-corrected chi connectivity index (χ0v) is 19.6. The van der Waals surface area contributed by atoms with Crippen LogP contribution in [0, 0.1) is 0 Å². The molecule has 5 rings (SSSR count). The molecule has 2 amide bonds. The highest BCUT2D eigenvalue weighted by Gasteiger charge is 2.33. The summed E-state index contributed by atoms with van der Waals surface area (Å²) < 4.78 is 13.2. The second-order valence-corrected chi connectivity index (χ2v) is 8.45. The van der Waals surface area contributed by atoms with Gasteiger partial charge in [0.1, 0.15) is 0 Å². The molecular weight excluding hydrogens is 450 g/mol. The molecule has 3 aromatic carbocycles. The number of fused-ring (bicyclic) bond motifs is 3. The predicted octanol–water partition coefficient (Wildman–Crippen LogP) is 6.29. The molecule has 34 heavy (non-hydrogen) atoms. The van der Waals surface area contributed by atoms with E-state index in [1.807, 2.05) is 53.6 Å². The number of hydrogen-bond acceptors (Lipinski definition) is 3. The van der Waals surface area contributed by atoms with Crippen LogP contribution < -0.4 is 14.8 Å². The van der Waals surface area contributed by atoms with Gasteiger partial charge in [0.05, 0.1) is 32.5 Å². The molecule has 0 aliphatic carbocycles. The van der Waals surface area contributed by atoms with Gasteiger partial charge >= 0.3 is 6.03 Å². The van der Waals surface area contributed by atoms with Gasteiger partial charge in [0.2, 0.25) is 0 Å². The van der Waals surface area contributed by atoms with Crippen LogP contribution >= 0.6 is 11.6 Å². The van der Waals surface area contributed by atoms with Gasteiger partial charge in [-0.05, 0) is 65.7 Å². The van der Waals surface area contributed by atoms with E-state index in [-0.39, 0.29) is 12.1 Å². The summed E-state index contributed by atoms with van der Waals surface area (Å²) in [5, 5.41) is 3.65. The van der Waals surface area contributed by atoms with Crippen molar-refractivity contribution in [1.82, 2.24) is 9.47 Å². The molecule has 1 aliphatic heterocycles. The highest BCUT2D eigenvalue weighted by Crippen LogP contribution is 2.39. The summed E-state index contributed by atoms with van der Waals surface area (Å²) in [6, 6.07) is 24.5. The number of carbonyl (C=O) groups is 1. The number of carbonyl (C=O) groups excluding carboxylic acids is 1. The maximum atomic E-state index is 13.7. The first-order chi connectivity index (χ1) is 16.6. The number of urea groups is 1. The van der Waals surface area contributed by atoms with E-state index >= 15 is 0 Å². The Morgan fingerprint density at radius 1 is 0.941 bits per heavy atom. The third-order valence-electron chi connectivity index (χ3n) is 6.04. The van der Waals surface area contributed by atoms with Gasteiger partial charge in [-0.2, -0.15) is 0 Å². The Bertz CT molecular complexity index is 1330. The van der Waals surface area contributed by atoms with E-state index in [1.54, 1.807) is 38.5 Å². The van der Waals surface area contributed by atoms with Gasteiger partial charge < -0.3 is 24.3 Å². The van der Waals surface area contributed by atoms with Crippen LogP contribution in [0.15, 0.2) is 85.1 Å². The van der Waals surface area contributed by atoms with Gasteiger partial charge in [-0.25, -0.2) is 4.79 Å². The minimum atomic E-state index is -0.366. The zero-order chi connectivity index (χ0) is 23.7. The normalized spacial score (nSPS) is 14.6. The number of ether oxygens (including phenoxy) is 2. The van der Waals surface area contributed by atoms with E-state index < -0.39 is 0 Å². The summed E-state index contributed by atoms with van der Waals surface area (Å²) in [5.74, 6) is 1.24. The van der Waals surface area contributed by atoms with E-state index in [2.05, 4.69) is 22.0 Å². The summed E-state index contributed by atoms with van der Waals surface area (Å²) >= 11 is 6.03. The van der Waals surface area contributed by atoms with Crippen molar-refractivity contribution in [3.8, 4) is 17.2 Å². The van der Waals surface area contributed by atoms with Crippen LogP contribution in [0.5, 0.6) is 11.5 Å². The van der Waals surface area contributed by atoms with Crippen molar-refractivity contribution < 1.29 is 14.3 Å². The van der Waals surface area contributed by atoms with Gasteiger partial charge in [0.15, 0.2) is 11.5 Å². The molecule has 2 heterocycles. The van der Waals surface area contributed by atoms with Gasteiger partial charge in [-0.1, -0.05) is 35.9 Å². The number of anilines is 1. The van der Waals surface area contributed by atoms with Crippen molar-refractivity contribution in [3.63, 3.8) is 0 Å². The van der Waals surface area contributed by atoms with Gasteiger partial charge in [-0.3, -0.25) is 0 Å². The Balaban J connectivity index is 1.64. The van der Waals surface area contributed by atoms with Crippen LogP contribution in [0.2, 0.25) is 5.02 Å². The Hall–Kier alpha value is -3.90. The molecule has 4 aromatic rings. The lowest BCUT2D eigenvalue weighted by Crippen LogP contribution is -2.37. The van der Waals surface area contributed by atoms with Crippen molar-refractivity contribution in [2.75, 3.05) is 19.5 Å². The first kappa shape index (κ1) is 21.9. The number of amides is 2. The first-order valence-electron chi connectivity index (χ1n) is 10.9. The van der Waals surface area contributed by atoms with Crippen molar-refractivity contribution in [1.29, 1.82) is 0 Å². The number of nitrogens with one attached hydrogen (secondary N) is 1. The van der Waals surface area contributed by atoms with Gasteiger partial charge in [0.25, 0.3) is 0 Å². The quantitative estimate of drug-likeness (QED) is 0.379. The molecule has 0 fully saturated rings. The molecule has 0 saturated heterocycles. The summed E-state index contributed by atoms with van der Waals surface area (Å²) in [7, 11) is 3.22. The summed E-state index contributed by atoms with van der Waals surface area (Å²) in [6.07, 6.45) is 2.03. The maximum Gasteiger partial charge on any atom is 0.322 e. The smallest absolute Gasteiger partial charge is 0.322 e. The fraction of sp³-hybridized carbons (Fsp3) is 0.148. The molecule has 0 saturated carbocycles. The highest BCUT2D eigenvalue weighted by molar-refractivity contribution is 6.30. The SMILES string of the molecule is COc1ccc([C@@H]2c3cccn3-c3ccccc3CN2C(=O)Nc2ccc(Cl)cc2)cc1OC. The van der Waals surface area contributed by atoms with E-state index in [9.17, 15) is 4.79 Å². The largest absolute Gasteiger partial charge is 0.493 e. The predicted molar refractivity (Wildman–Crippen MR) is 133 cm³/mol. The molecule has 6 nitrogen and oxygen atoms in total. The van der Waals surface area contributed by atoms with Gasteiger partial charge in [-0.15, -0.1) is 0 Å².